The summed E-state index contributed by atoms with van der Waals surface area (Å²) in [5.74, 6) is -0.415. The number of nitrogens with one attached hydrogen (secondary N) is 1. The molecule has 1 N–H and O–H groups in total. The lowest BCUT2D eigenvalue weighted by Crippen LogP contribution is -2.50. The van der Waals surface area contributed by atoms with Crippen LogP contribution in [0.2, 0.25) is 0 Å². The third-order valence-corrected chi connectivity index (χ3v) is 7.21. The Bertz CT molecular complexity index is 1380. The summed E-state index contributed by atoms with van der Waals surface area (Å²) in [5, 5.41) is 6.85. The van der Waals surface area contributed by atoms with Crippen molar-refractivity contribution in [3.05, 3.63) is 92.1 Å². The van der Waals surface area contributed by atoms with Crippen LogP contribution >= 0.6 is 0 Å². The second-order valence-electron chi connectivity index (χ2n) is 9.47. The van der Waals surface area contributed by atoms with E-state index < -0.39 is 11.7 Å². The Morgan fingerprint density at radius 1 is 0.946 bits per heavy atom. The highest BCUT2D eigenvalue weighted by Crippen LogP contribution is 2.23. The second kappa shape index (κ2) is 10.5. The Morgan fingerprint density at radius 3 is 2.27 bits per heavy atom. The van der Waals surface area contributed by atoms with Crippen molar-refractivity contribution in [3.63, 3.8) is 0 Å². The van der Waals surface area contributed by atoms with E-state index in [1.54, 1.807) is 53.3 Å². The third kappa shape index (κ3) is 5.12. The van der Waals surface area contributed by atoms with Gasteiger partial charge in [-0.25, -0.2) is 9.49 Å². The Morgan fingerprint density at radius 2 is 1.59 bits per heavy atom. The smallest absolute Gasteiger partial charge is 0.267 e. The molecule has 0 bridgehead atoms. The maximum atomic E-state index is 14.7. The maximum Gasteiger partial charge on any atom is 0.267 e. The average Bonchev–Trinajstić information content (AvgIpc) is 2.95. The normalized spacial score (nSPS) is 15.3. The molecule has 0 radical (unpaired) electrons. The van der Waals surface area contributed by atoms with Crippen LogP contribution in [0.4, 0.5) is 4.39 Å². The highest BCUT2D eigenvalue weighted by atomic mass is 19.1. The van der Waals surface area contributed by atoms with E-state index in [0.29, 0.717) is 43.9 Å². The zero-order valence-electron chi connectivity index (χ0n) is 20.8. The third-order valence-electron chi connectivity index (χ3n) is 7.21. The van der Waals surface area contributed by atoms with Gasteiger partial charge in [0.1, 0.15) is 11.6 Å². The SMILES string of the molecule is COc1ccc(C(=O)N2CCN(C(=O)c3cc(Cc4n[nH]c(=O)c5c4CCCC5)ccc3F)CC2)cc1. The summed E-state index contributed by atoms with van der Waals surface area (Å²) in [6.45, 7) is 1.37. The maximum absolute atomic E-state index is 14.7. The lowest BCUT2D eigenvalue weighted by atomic mass is 9.90. The number of piperazine rings is 1. The number of amides is 2. The van der Waals surface area contributed by atoms with Crippen LogP contribution < -0.4 is 10.3 Å². The van der Waals surface area contributed by atoms with Crippen molar-refractivity contribution in [3.8, 4) is 5.75 Å². The minimum Gasteiger partial charge on any atom is -0.497 e. The topological polar surface area (TPSA) is 95.6 Å². The van der Waals surface area contributed by atoms with Crippen LogP contribution in [0.25, 0.3) is 0 Å². The molecule has 1 aromatic heterocycles. The predicted octanol–water partition coefficient (Wildman–Crippen LogP) is 2.99. The fourth-order valence-electron chi connectivity index (χ4n) is 5.11. The molecule has 0 atom stereocenters. The number of hydrogen-bond donors (Lipinski definition) is 1. The monoisotopic (exact) mass is 504 g/mol. The van der Waals surface area contributed by atoms with Gasteiger partial charge in [-0.3, -0.25) is 14.4 Å². The van der Waals surface area contributed by atoms with Crippen LogP contribution in [0, 0.1) is 5.82 Å². The molecule has 2 aromatic carbocycles. The van der Waals surface area contributed by atoms with E-state index in [1.165, 1.54) is 6.07 Å². The van der Waals surface area contributed by atoms with Gasteiger partial charge in [0.15, 0.2) is 0 Å². The van der Waals surface area contributed by atoms with Gasteiger partial charge in [-0.05, 0) is 73.2 Å². The number of H-pyrrole nitrogens is 1. The zero-order chi connectivity index (χ0) is 25.9. The molecule has 2 aliphatic rings. The average molecular weight is 505 g/mol. The lowest BCUT2D eigenvalue weighted by Gasteiger charge is -2.35. The molecule has 1 saturated heterocycles. The summed E-state index contributed by atoms with van der Waals surface area (Å²) in [6.07, 6.45) is 3.93. The molecule has 192 valence electrons. The minimum atomic E-state index is -0.582. The number of ether oxygens (including phenoxy) is 1. The molecule has 5 rings (SSSR count). The van der Waals surface area contributed by atoms with E-state index in [2.05, 4.69) is 10.2 Å². The van der Waals surface area contributed by atoms with Crippen molar-refractivity contribution in [2.75, 3.05) is 33.3 Å². The number of carbonyl (C=O) groups is 2. The van der Waals surface area contributed by atoms with Crippen molar-refractivity contribution in [1.82, 2.24) is 20.0 Å². The van der Waals surface area contributed by atoms with E-state index in [4.69, 9.17) is 4.74 Å². The van der Waals surface area contributed by atoms with Crippen molar-refractivity contribution < 1.29 is 18.7 Å². The minimum absolute atomic E-state index is 0.00530. The molecule has 37 heavy (non-hydrogen) atoms. The molecule has 1 fully saturated rings. The van der Waals surface area contributed by atoms with Gasteiger partial charge in [0, 0.05) is 43.7 Å². The molecule has 3 aromatic rings. The van der Waals surface area contributed by atoms with Gasteiger partial charge in [0.25, 0.3) is 17.4 Å². The van der Waals surface area contributed by atoms with Crippen LogP contribution in [-0.2, 0) is 19.3 Å². The molecule has 0 unspecified atom stereocenters. The van der Waals surface area contributed by atoms with E-state index in [-0.39, 0.29) is 17.0 Å². The van der Waals surface area contributed by atoms with Crippen LogP contribution in [0.5, 0.6) is 5.75 Å². The van der Waals surface area contributed by atoms with E-state index in [0.717, 1.165) is 48.1 Å². The summed E-state index contributed by atoms with van der Waals surface area (Å²) in [5.41, 5.74) is 3.71. The first-order chi connectivity index (χ1) is 17.9. The number of fused-ring (bicyclic) bond motifs is 1. The van der Waals surface area contributed by atoms with Crippen LogP contribution in [0.3, 0.4) is 0 Å². The van der Waals surface area contributed by atoms with Gasteiger partial charge in [-0.2, -0.15) is 5.10 Å². The standard InChI is InChI=1S/C28H29FN4O4/c1-37-20-9-7-19(8-10-20)27(35)32-12-14-33(15-13-32)28(36)23-16-18(6-11-24(23)29)17-25-21-4-2-3-5-22(21)26(34)31-30-25/h6-11,16H,2-5,12-15,17H2,1H3,(H,31,34). The van der Waals surface area contributed by atoms with Gasteiger partial charge in [-0.15, -0.1) is 0 Å². The number of carbonyl (C=O) groups excluding carboxylic acids is 2. The lowest BCUT2D eigenvalue weighted by molar-refractivity contribution is 0.0532. The Hall–Kier alpha value is -4.01. The molecule has 2 amide bonds. The molecule has 8 nitrogen and oxygen atoms in total. The van der Waals surface area contributed by atoms with Gasteiger partial charge in [0.05, 0.1) is 18.4 Å². The number of aromatic amines is 1. The van der Waals surface area contributed by atoms with Gasteiger partial charge < -0.3 is 14.5 Å². The first-order valence-corrected chi connectivity index (χ1v) is 12.5. The Balaban J connectivity index is 1.27. The van der Waals surface area contributed by atoms with Crippen molar-refractivity contribution >= 4 is 11.8 Å². The van der Waals surface area contributed by atoms with Crippen LogP contribution in [0.1, 0.15) is 55.9 Å². The highest BCUT2D eigenvalue weighted by Gasteiger charge is 2.27. The molecular formula is C28H29FN4O4. The van der Waals surface area contributed by atoms with E-state index in [9.17, 15) is 18.8 Å². The van der Waals surface area contributed by atoms with E-state index in [1.807, 2.05) is 0 Å². The molecule has 2 heterocycles. The quantitative estimate of drug-likeness (QED) is 0.577. The largest absolute Gasteiger partial charge is 0.497 e. The van der Waals surface area contributed by atoms with Crippen molar-refractivity contribution in [1.29, 1.82) is 0 Å². The van der Waals surface area contributed by atoms with Gasteiger partial charge >= 0.3 is 0 Å². The predicted molar refractivity (Wildman–Crippen MR) is 136 cm³/mol. The van der Waals surface area contributed by atoms with Crippen molar-refractivity contribution in [2.45, 2.75) is 32.1 Å². The van der Waals surface area contributed by atoms with Crippen molar-refractivity contribution in [2.24, 2.45) is 0 Å². The molecule has 0 saturated carbocycles. The van der Waals surface area contributed by atoms with Gasteiger partial charge in [0.2, 0.25) is 0 Å². The summed E-state index contributed by atoms with van der Waals surface area (Å²) < 4.78 is 19.9. The molecule has 9 heteroatoms. The molecule has 1 aliphatic carbocycles. The Labute approximate surface area is 214 Å². The summed E-state index contributed by atoms with van der Waals surface area (Å²) in [4.78, 5) is 41.5. The molecular weight excluding hydrogens is 475 g/mol. The summed E-state index contributed by atoms with van der Waals surface area (Å²) >= 11 is 0. The summed E-state index contributed by atoms with van der Waals surface area (Å²) in [6, 6.07) is 11.4. The zero-order valence-corrected chi connectivity index (χ0v) is 20.8. The Kier molecular flexibility index (Phi) is 7.03. The number of nitrogens with zero attached hydrogens (tertiary/aromatic N) is 3. The number of benzene rings is 2. The number of hydrogen-bond acceptors (Lipinski definition) is 5. The van der Waals surface area contributed by atoms with Gasteiger partial charge in [-0.1, -0.05) is 6.07 Å². The second-order valence-corrected chi connectivity index (χ2v) is 9.47. The number of methoxy groups -OCH3 is 1. The molecule has 0 spiro atoms. The summed E-state index contributed by atoms with van der Waals surface area (Å²) in [7, 11) is 1.57. The van der Waals surface area contributed by atoms with Crippen LogP contribution in [-0.4, -0.2) is 65.1 Å². The van der Waals surface area contributed by atoms with E-state index >= 15 is 0 Å². The number of rotatable bonds is 5. The van der Waals surface area contributed by atoms with Crippen LogP contribution in [0.15, 0.2) is 47.3 Å². The number of halogens is 1. The fraction of sp³-hybridized carbons (Fsp3) is 0.357. The molecule has 1 aliphatic heterocycles. The fourth-order valence-corrected chi connectivity index (χ4v) is 5.11. The highest BCUT2D eigenvalue weighted by molar-refractivity contribution is 5.96. The first-order valence-electron chi connectivity index (χ1n) is 12.5. The number of aromatic nitrogens is 2. The first kappa shape index (κ1) is 24.7.